The molecule has 0 fully saturated rings. The molecule has 12 heavy (non-hydrogen) atoms. The number of unbranched alkanes of at least 4 members (excludes halogenated alkanes) is 1. The molecule has 1 N–H and O–H groups in total. The van der Waals surface area contributed by atoms with Crippen LogP contribution in [0.1, 0.15) is 25.6 Å². The fraction of sp³-hybridized carbons (Fsp3) is 0.750. The van der Waals surface area contributed by atoms with Crippen molar-refractivity contribution in [2.75, 3.05) is 7.05 Å². The third kappa shape index (κ3) is 2.30. The first-order chi connectivity index (χ1) is 5.88. The first-order valence-electron chi connectivity index (χ1n) is 4.39. The van der Waals surface area contributed by atoms with Gasteiger partial charge in [-0.3, -0.25) is 0 Å². The van der Waals surface area contributed by atoms with E-state index in [9.17, 15) is 0 Å². The molecule has 0 unspecified atom stereocenters. The molecule has 0 aliphatic heterocycles. The van der Waals surface area contributed by atoms with E-state index < -0.39 is 0 Å². The van der Waals surface area contributed by atoms with E-state index in [2.05, 4.69) is 22.3 Å². The van der Waals surface area contributed by atoms with Gasteiger partial charge in [0.05, 0.1) is 6.54 Å². The summed E-state index contributed by atoms with van der Waals surface area (Å²) in [6.45, 7) is 3.95. The van der Waals surface area contributed by atoms with Crippen LogP contribution in [0, 0.1) is 0 Å². The van der Waals surface area contributed by atoms with Crippen LogP contribution in [0.3, 0.4) is 0 Å². The van der Waals surface area contributed by atoms with Crippen molar-refractivity contribution in [1.29, 1.82) is 0 Å². The Morgan fingerprint density at radius 1 is 1.58 bits per heavy atom. The van der Waals surface area contributed by atoms with E-state index in [-0.39, 0.29) is 0 Å². The van der Waals surface area contributed by atoms with E-state index in [0.717, 1.165) is 18.9 Å². The standard InChI is InChI=1S/C8H16N4/c1-3-4-5-12-8(6-9-2)10-7-11-12/h7,9H,3-6H2,1-2H3. The fourth-order valence-electron chi connectivity index (χ4n) is 1.08. The summed E-state index contributed by atoms with van der Waals surface area (Å²) in [5.74, 6) is 1.02. The van der Waals surface area contributed by atoms with Gasteiger partial charge in [-0.15, -0.1) is 0 Å². The highest BCUT2D eigenvalue weighted by Gasteiger charge is 2.00. The van der Waals surface area contributed by atoms with Gasteiger partial charge in [-0.05, 0) is 13.5 Å². The highest BCUT2D eigenvalue weighted by atomic mass is 15.3. The summed E-state index contributed by atoms with van der Waals surface area (Å²) in [6.07, 6.45) is 3.97. The lowest BCUT2D eigenvalue weighted by atomic mass is 10.3. The number of aromatic nitrogens is 3. The lowest BCUT2D eigenvalue weighted by Crippen LogP contribution is -2.13. The molecule has 4 nitrogen and oxygen atoms in total. The molecule has 4 heteroatoms. The van der Waals surface area contributed by atoms with Gasteiger partial charge in [0.25, 0.3) is 0 Å². The van der Waals surface area contributed by atoms with E-state index in [1.807, 2.05) is 11.7 Å². The Hall–Kier alpha value is -0.900. The van der Waals surface area contributed by atoms with Crippen LogP contribution in [-0.4, -0.2) is 21.8 Å². The van der Waals surface area contributed by atoms with Crippen molar-refractivity contribution < 1.29 is 0 Å². The second-order valence-corrected chi connectivity index (χ2v) is 2.78. The maximum Gasteiger partial charge on any atom is 0.140 e. The molecular formula is C8H16N4. The minimum Gasteiger partial charge on any atom is -0.313 e. The van der Waals surface area contributed by atoms with Gasteiger partial charge in [0, 0.05) is 6.54 Å². The molecule has 1 aromatic rings. The van der Waals surface area contributed by atoms with Gasteiger partial charge in [-0.1, -0.05) is 13.3 Å². The molecule has 0 amide bonds. The highest BCUT2D eigenvalue weighted by molar-refractivity contribution is 4.82. The summed E-state index contributed by atoms with van der Waals surface area (Å²) in [5.41, 5.74) is 0. The lowest BCUT2D eigenvalue weighted by Gasteiger charge is -2.03. The first-order valence-corrected chi connectivity index (χ1v) is 4.39. The Balaban J connectivity index is 2.51. The van der Waals surface area contributed by atoms with Crippen LogP contribution in [0.2, 0.25) is 0 Å². The minimum absolute atomic E-state index is 0.795. The molecule has 0 radical (unpaired) electrons. The van der Waals surface area contributed by atoms with Crippen molar-refractivity contribution in [2.24, 2.45) is 0 Å². The van der Waals surface area contributed by atoms with Crippen molar-refractivity contribution in [3.05, 3.63) is 12.2 Å². The van der Waals surface area contributed by atoms with Crippen molar-refractivity contribution in [3.8, 4) is 0 Å². The average molecular weight is 168 g/mol. The number of hydrogen-bond acceptors (Lipinski definition) is 3. The second-order valence-electron chi connectivity index (χ2n) is 2.78. The Kier molecular flexibility index (Phi) is 3.73. The smallest absolute Gasteiger partial charge is 0.140 e. The van der Waals surface area contributed by atoms with Gasteiger partial charge in [-0.2, -0.15) is 5.10 Å². The van der Waals surface area contributed by atoms with Crippen molar-refractivity contribution >= 4 is 0 Å². The maximum absolute atomic E-state index is 4.15. The summed E-state index contributed by atoms with van der Waals surface area (Å²) in [7, 11) is 1.92. The molecule has 1 aromatic heterocycles. The number of nitrogens with zero attached hydrogens (tertiary/aromatic N) is 3. The molecule has 0 atom stereocenters. The van der Waals surface area contributed by atoms with E-state index in [4.69, 9.17) is 0 Å². The van der Waals surface area contributed by atoms with Crippen molar-refractivity contribution in [1.82, 2.24) is 20.1 Å². The van der Waals surface area contributed by atoms with Crippen LogP contribution in [0.4, 0.5) is 0 Å². The SMILES string of the molecule is CCCCn1ncnc1CNC. The predicted octanol–water partition coefficient (Wildman–Crippen LogP) is 0.798. The maximum atomic E-state index is 4.15. The van der Waals surface area contributed by atoms with Gasteiger partial charge in [0.2, 0.25) is 0 Å². The van der Waals surface area contributed by atoms with Gasteiger partial charge in [0.1, 0.15) is 12.2 Å². The first kappa shape index (κ1) is 9.19. The van der Waals surface area contributed by atoms with E-state index in [1.165, 1.54) is 12.8 Å². The minimum atomic E-state index is 0.795. The Bertz CT molecular complexity index is 219. The van der Waals surface area contributed by atoms with E-state index in [0.29, 0.717) is 0 Å². The molecule has 0 bridgehead atoms. The quantitative estimate of drug-likeness (QED) is 0.707. The summed E-state index contributed by atoms with van der Waals surface area (Å²) >= 11 is 0. The largest absolute Gasteiger partial charge is 0.313 e. The zero-order valence-corrected chi connectivity index (χ0v) is 7.75. The summed E-state index contributed by atoms with van der Waals surface area (Å²) < 4.78 is 1.96. The van der Waals surface area contributed by atoms with Crippen molar-refractivity contribution in [2.45, 2.75) is 32.9 Å². The third-order valence-electron chi connectivity index (χ3n) is 1.75. The van der Waals surface area contributed by atoms with E-state index in [1.54, 1.807) is 6.33 Å². The highest BCUT2D eigenvalue weighted by Crippen LogP contribution is 1.97. The van der Waals surface area contributed by atoms with Crippen LogP contribution in [0.5, 0.6) is 0 Å². The van der Waals surface area contributed by atoms with Gasteiger partial charge in [-0.25, -0.2) is 9.67 Å². The number of hydrogen-bond donors (Lipinski definition) is 1. The van der Waals surface area contributed by atoms with Crippen LogP contribution in [0.15, 0.2) is 6.33 Å². The number of rotatable bonds is 5. The van der Waals surface area contributed by atoms with Gasteiger partial charge >= 0.3 is 0 Å². The molecule has 0 saturated heterocycles. The molecule has 68 valence electrons. The molecule has 0 aromatic carbocycles. The Morgan fingerprint density at radius 3 is 3.08 bits per heavy atom. The zero-order chi connectivity index (χ0) is 8.81. The fourth-order valence-corrected chi connectivity index (χ4v) is 1.08. The zero-order valence-electron chi connectivity index (χ0n) is 7.75. The third-order valence-corrected chi connectivity index (χ3v) is 1.75. The van der Waals surface area contributed by atoms with E-state index >= 15 is 0 Å². The number of nitrogens with one attached hydrogen (secondary N) is 1. The van der Waals surface area contributed by atoms with Gasteiger partial charge in [0.15, 0.2) is 0 Å². The van der Waals surface area contributed by atoms with Crippen molar-refractivity contribution in [3.63, 3.8) is 0 Å². The summed E-state index contributed by atoms with van der Waals surface area (Å²) in [4.78, 5) is 4.15. The van der Waals surface area contributed by atoms with Crippen LogP contribution >= 0.6 is 0 Å². The Morgan fingerprint density at radius 2 is 2.42 bits per heavy atom. The topological polar surface area (TPSA) is 42.7 Å². The second kappa shape index (κ2) is 4.87. The Labute approximate surface area is 73.0 Å². The normalized spacial score (nSPS) is 10.5. The molecule has 1 heterocycles. The molecule has 0 spiro atoms. The lowest BCUT2D eigenvalue weighted by molar-refractivity contribution is 0.534. The molecule has 0 saturated carbocycles. The molecule has 1 rings (SSSR count). The summed E-state index contributed by atoms with van der Waals surface area (Å²) in [5, 5.41) is 7.20. The van der Waals surface area contributed by atoms with Gasteiger partial charge < -0.3 is 5.32 Å². The molecule has 0 aliphatic rings. The van der Waals surface area contributed by atoms with Crippen LogP contribution < -0.4 is 5.32 Å². The summed E-state index contributed by atoms with van der Waals surface area (Å²) in [6, 6.07) is 0. The molecule has 0 aliphatic carbocycles. The molecular weight excluding hydrogens is 152 g/mol. The average Bonchev–Trinajstić information content (AvgIpc) is 2.50. The predicted molar refractivity (Wildman–Crippen MR) is 47.7 cm³/mol. The number of aryl methyl sites for hydroxylation is 1. The van der Waals surface area contributed by atoms with Crippen LogP contribution in [0.25, 0.3) is 0 Å². The monoisotopic (exact) mass is 168 g/mol. The van der Waals surface area contributed by atoms with Crippen LogP contribution in [-0.2, 0) is 13.1 Å².